The second kappa shape index (κ2) is 6.04. The van der Waals surface area contributed by atoms with Crippen molar-refractivity contribution in [1.82, 2.24) is 10.6 Å². The van der Waals surface area contributed by atoms with E-state index in [1.807, 2.05) is 0 Å². The van der Waals surface area contributed by atoms with Crippen LogP contribution < -0.4 is 10.6 Å². The lowest BCUT2D eigenvalue weighted by molar-refractivity contribution is -0.139. The summed E-state index contributed by atoms with van der Waals surface area (Å²) >= 11 is 0. The van der Waals surface area contributed by atoms with Gasteiger partial charge in [-0.3, -0.25) is 0 Å². The Hall–Kier alpha value is -1.30. The minimum atomic E-state index is -1.02. The Balaban J connectivity index is 2.31. The first-order valence-electron chi connectivity index (χ1n) is 6.15. The average Bonchev–Trinajstić information content (AvgIpc) is 2.84. The maximum Gasteiger partial charge on any atom is 0.326 e. The number of hydrogen-bond acceptors (Lipinski definition) is 3. The summed E-state index contributed by atoms with van der Waals surface area (Å²) in [5.74, 6) is -1.02. The van der Waals surface area contributed by atoms with Crippen LogP contribution in [0.5, 0.6) is 0 Å². The molecule has 0 aromatic carbocycles. The van der Waals surface area contributed by atoms with Gasteiger partial charge in [0.15, 0.2) is 0 Å². The van der Waals surface area contributed by atoms with E-state index >= 15 is 0 Å². The van der Waals surface area contributed by atoms with Gasteiger partial charge in [0.25, 0.3) is 0 Å². The van der Waals surface area contributed by atoms with Crippen molar-refractivity contribution < 1.29 is 19.4 Å². The van der Waals surface area contributed by atoms with Crippen molar-refractivity contribution in [1.29, 1.82) is 0 Å². The Morgan fingerprint density at radius 3 is 2.56 bits per heavy atom. The lowest BCUT2D eigenvalue weighted by atomic mass is 10.1. The standard InChI is InChI=1S/C12H22N2O4/c1-12(2)7-9(12)14-11(17)13-8(10(15)16)5-4-6-18-3/h8-9H,4-7H2,1-3H3,(H,15,16)(H2,13,14,17). The summed E-state index contributed by atoms with van der Waals surface area (Å²) in [4.78, 5) is 22.6. The Bertz CT molecular complexity index is 317. The van der Waals surface area contributed by atoms with Gasteiger partial charge in [-0.2, -0.15) is 0 Å². The SMILES string of the molecule is COCCCC(NC(=O)NC1CC1(C)C)C(=O)O. The molecule has 2 atom stereocenters. The Labute approximate surface area is 107 Å². The molecule has 0 radical (unpaired) electrons. The van der Waals surface area contributed by atoms with Gasteiger partial charge in [0.1, 0.15) is 6.04 Å². The minimum absolute atomic E-state index is 0.131. The number of nitrogens with one attached hydrogen (secondary N) is 2. The van der Waals surface area contributed by atoms with Crippen LogP contribution in [0.15, 0.2) is 0 Å². The molecule has 6 nitrogen and oxygen atoms in total. The summed E-state index contributed by atoms with van der Waals surface area (Å²) in [5, 5.41) is 14.2. The number of aliphatic carboxylic acids is 1. The highest BCUT2D eigenvalue weighted by molar-refractivity contribution is 5.82. The third-order valence-electron chi connectivity index (χ3n) is 3.26. The van der Waals surface area contributed by atoms with Gasteiger partial charge in [-0.05, 0) is 24.7 Å². The van der Waals surface area contributed by atoms with Crippen LogP contribution >= 0.6 is 0 Å². The summed E-state index contributed by atoms with van der Waals surface area (Å²) in [7, 11) is 1.56. The van der Waals surface area contributed by atoms with Crippen molar-refractivity contribution in [3.8, 4) is 0 Å². The van der Waals surface area contributed by atoms with Gasteiger partial charge < -0.3 is 20.5 Å². The zero-order valence-electron chi connectivity index (χ0n) is 11.2. The highest BCUT2D eigenvalue weighted by Crippen LogP contribution is 2.44. The molecule has 3 N–H and O–H groups in total. The quantitative estimate of drug-likeness (QED) is 0.594. The number of ether oxygens (including phenoxy) is 1. The van der Waals surface area contributed by atoms with Crippen LogP contribution in [-0.4, -0.2) is 42.9 Å². The fourth-order valence-electron chi connectivity index (χ4n) is 1.76. The van der Waals surface area contributed by atoms with Gasteiger partial charge in [0.05, 0.1) is 0 Å². The average molecular weight is 258 g/mol. The summed E-state index contributed by atoms with van der Waals surface area (Å²) in [6.45, 7) is 4.61. The Morgan fingerprint density at radius 2 is 2.11 bits per heavy atom. The van der Waals surface area contributed by atoms with Crippen LogP contribution in [0.4, 0.5) is 4.79 Å². The number of urea groups is 1. The van der Waals surface area contributed by atoms with Crippen molar-refractivity contribution in [3.63, 3.8) is 0 Å². The highest BCUT2D eigenvalue weighted by Gasteiger charge is 2.46. The molecule has 1 rings (SSSR count). The molecule has 0 aromatic heterocycles. The first-order chi connectivity index (χ1) is 8.36. The molecule has 0 heterocycles. The molecular weight excluding hydrogens is 236 g/mol. The monoisotopic (exact) mass is 258 g/mol. The predicted octanol–water partition coefficient (Wildman–Crippen LogP) is 0.964. The molecule has 2 amide bonds. The molecule has 0 aliphatic heterocycles. The Morgan fingerprint density at radius 1 is 1.50 bits per heavy atom. The lowest BCUT2D eigenvalue weighted by Gasteiger charge is -2.15. The second-order valence-corrected chi connectivity index (χ2v) is 5.39. The van der Waals surface area contributed by atoms with Crippen LogP contribution in [0.1, 0.15) is 33.1 Å². The number of rotatable bonds is 7. The number of carbonyl (C=O) groups is 2. The zero-order valence-corrected chi connectivity index (χ0v) is 11.2. The van der Waals surface area contributed by atoms with Crippen molar-refractivity contribution in [3.05, 3.63) is 0 Å². The van der Waals surface area contributed by atoms with Crippen LogP contribution in [-0.2, 0) is 9.53 Å². The van der Waals surface area contributed by atoms with Gasteiger partial charge in [-0.15, -0.1) is 0 Å². The van der Waals surface area contributed by atoms with Gasteiger partial charge in [-0.1, -0.05) is 13.8 Å². The molecule has 1 saturated carbocycles. The third kappa shape index (κ3) is 4.52. The topological polar surface area (TPSA) is 87.7 Å². The molecule has 1 fully saturated rings. The van der Waals surface area contributed by atoms with Crippen LogP contribution in [0.2, 0.25) is 0 Å². The van der Waals surface area contributed by atoms with Crippen LogP contribution in [0.3, 0.4) is 0 Å². The third-order valence-corrected chi connectivity index (χ3v) is 3.26. The molecule has 0 bridgehead atoms. The molecule has 18 heavy (non-hydrogen) atoms. The minimum Gasteiger partial charge on any atom is -0.480 e. The largest absolute Gasteiger partial charge is 0.480 e. The molecule has 0 saturated heterocycles. The van der Waals surface area contributed by atoms with Gasteiger partial charge in [0.2, 0.25) is 0 Å². The normalized spacial score (nSPS) is 22.1. The van der Waals surface area contributed by atoms with E-state index in [0.29, 0.717) is 19.4 Å². The van der Waals surface area contributed by atoms with E-state index in [4.69, 9.17) is 9.84 Å². The number of carbonyl (C=O) groups excluding carboxylic acids is 1. The lowest BCUT2D eigenvalue weighted by Crippen LogP contribution is -2.47. The van der Waals surface area contributed by atoms with Gasteiger partial charge >= 0.3 is 12.0 Å². The first kappa shape index (κ1) is 14.8. The zero-order chi connectivity index (χ0) is 13.8. The number of carboxylic acid groups (broad SMARTS) is 1. The van der Waals surface area contributed by atoms with Crippen molar-refractivity contribution in [2.75, 3.05) is 13.7 Å². The van der Waals surface area contributed by atoms with E-state index < -0.39 is 18.0 Å². The van der Waals surface area contributed by atoms with E-state index in [9.17, 15) is 9.59 Å². The second-order valence-electron chi connectivity index (χ2n) is 5.39. The van der Waals surface area contributed by atoms with Crippen molar-refractivity contribution >= 4 is 12.0 Å². The van der Waals surface area contributed by atoms with E-state index in [2.05, 4.69) is 24.5 Å². The van der Waals surface area contributed by atoms with Crippen molar-refractivity contribution in [2.24, 2.45) is 5.41 Å². The Kier molecular flexibility index (Phi) is 4.95. The molecule has 0 aromatic rings. The number of methoxy groups -OCH3 is 1. The van der Waals surface area contributed by atoms with Gasteiger partial charge in [0, 0.05) is 19.8 Å². The maximum atomic E-state index is 11.6. The molecule has 0 spiro atoms. The molecule has 1 aliphatic rings. The van der Waals surface area contributed by atoms with Gasteiger partial charge in [-0.25, -0.2) is 9.59 Å². The summed E-state index contributed by atoms with van der Waals surface area (Å²) in [6, 6.07) is -1.12. The van der Waals surface area contributed by atoms with Crippen LogP contribution in [0.25, 0.3) is 0 Å². The molecular formula is C12H22N2O4. The van der Waals surface area contributed by atoms with E-state index in [1.54, 1.807) is 7.11 Å². The highest BCUT2D eigenvalue weighted by atomic mass is 16.5. The van der Waals surface area contributed by atoms with E-state index in [0.717, 1.165) is 6.42 Å². The maximum absolute atomic E-state index is 11.6. The molecule has 2 unspecified atom stereocenters. The molecule has 104 valence electrons. The number of amides is 2. The fraction of sp³-hybridized carbons (Fsp3) is 0.833. The number of carboxylic acids is 1. The van der Waals surface area contributed by atoms with Crippen LogP contribution in [0, 0.1) is 5.41 Å². The predicted molar refractivity (Wildman–Crippen MR) is 66.4 cm³/mol. The molecule has 1 aliphatic carbocycles. The van der Waals surface area contributed by atoms with E-state index in [-0.39, 0.29) is 11.5 Å². The summed E-state index contributed by atoms with van der Waals surface area (Å²) in [6.07, 6.45) is 1.90. The summed E-state index contributed by atoms with van der Waals surface area (Å²) in [5.41, 5.74) is 0.131. The fourth-order valence-corrected chi connectivity index (χ4v) is 1.76. The number of hydrogen-bond donors (Lipinski definition) is 3. The molecule has 6 heteroatoms. The van der Waals surface area contributed by atoms with E-state index in [1.165, 1.54) is 0 Å². The first-order valence-corrected chi connectivity index (χ1v) is 6.15. The van der Waals surface area contributed by atoms with Crippen molar-refractivity contribution in [2.45, 2.75) is 45.2 Å². The summed E-state index contributed by atoms with van der Waals surface area (Å²) < 4.78 is 4.86. The smallest absolute Gasteiger partial charge is 0.326 e.